The van der Waals surface area contributed by atoms with Crippen LogP contribution < -0.4 is 5.32 Å². The van der Waals surface area contributed by atoms with Gasteiger partial charge in [-0.05, 0) is 30.9 Å². The second-order valence-electron chi connectivity index (χ2n) is 6.14. The minimum Gasteiger partial charge on any atom is -0.349 e. The van der Waals surface area contributed by atoms with E-state index in [9.17, 15) is 14.9 Å². The molecule has 1 amide bonds. The van der Waals surface area contributed by atoms with Gasteiger partial charge in [0.2, 0.25) is 0 Å². The molecule has 8 heteroatoms. The summed E-state index contributed by atoms with van der Waals surface area (Å²) in [5, 5.41) is 18.3. The number of aromatic nitrogens is 3. The summed E-state index contributed by atoms with van der Waals surface area (Å²) < 4.78 is 1.31. The van der Waals surface area contributed by atoms with E-state index in [4.69, 9.17) is 0 Å². The number of benzene rings is 1. The molecule has 1 aliphatic rings. The van der Waals surface area contributed by atoms with Crippen molar-refractivity contribution in [3.05, 3.63) is 46.5 Å². The molecule has 24 heavy (non-hydrogen) atoms. The van der Waals surface area contributed by atoms with Crippen LogP contribution in [0.5, 0.6) is 0 Å². The highest BCUT2D eigenvalue weighted by Gasteiger charge is 2.25. The van der Waals surface area contributed by atoms with E-state index in [1.165, 1.54) is 35.9 Å². The average Bonchev–Trinajstić information content (AvgIpc) is 3.10. The molecule has 1 aromatic carbocycles. The molecule has 1 N–H and O–H groups in total. The molecule has 1 heterocycles. The lowest BCUT2D eigenvalue weighted by Gasteiger charge is -2.29. The lowest BCUT2D eigenvalue weighted by molar-refractivity contribution is -0.384. The first-order chi connectivity index (χ1) is 11.6. The molecule has 2 atom stereocenters. The number of hydrogen-bond acceptors (Lipinski definition) is 5. The van der Waals surface area contributed by atoms with E-state index < -0.39 is 4.92 Å². The summed E-state index contributed by atoms with van der Waals surface area (Å²) in [6.45, 7) is 2.13. The third-order valence-corrected chi connectivity index (χ3v) is 4.53. The first kappa shape index (κ1) is 16.1. The molecule has 126 valence electrons. The fourth-order valence-corrected chi connectivity index (χ4v) is 3.12. The normalized spacial score (nSPS) is 20.5. The van der Waals surface area contributed by atoms with Crippen LogP contribution in [0.25, 0.3) is 5.69 Å². The van der Waals surface area contributed by atoms with E-state index in [0.29, 0.717) is 5.92 Å². The Labute approximate surface area is 139 Å². The van der Waals surface area contributed by atoms with Gasteiger partial charge in [0.15, 0.2) is 0 Å². The molecule has 0 aliphatic heterocycles. The van der Waals surface area contributed by atoms with Gasteiger partial charge in [-0.1, -0.05) is 19.8 Å². The molecular formula is C16H19N5O3. The third kappa shape index (κ3) is 3.27. The van der Waals surface area contributed by atoms with Crippen molar-refractivity contribution in [1.82, 2.24) is 20.1 Å². The van der Waals surface area contributed by atoms with Gasteiger partial charge in [-0.25, -0.2) is 9.67 Å². The average molecular weight is 329 g/mol. The van der Waals surface area contributed by atoms with Crippen LogP contribution in [0.4, 0.5) is 5.69 Å². The number of nitro groups is 1. The Balaban J connectivity index is 1.84. The first-order valence-corrected chi connectivity index (χ1v) is 8.00. The summed E-state index contributed by atoms with van der Waals surface area (Å²) >= 11 is 0. The van der Waals surface area contributed by atoms with Crippen molar-refractivity contribution in [2.45, 2.75) is 38.6 Å². The number of rotatable bonds is 4. The van der Waals surface area contributed by atoms with E-state index in [-0.39, 0.29) is 28.9 Å². The quantitative estimate of drug-likeness (QED) is 0.685. The molecule has 1 aliphatic carbocycles. The van der Waals surface area contributed by atoms with Crippen LogP contribution in [-0.4, -0.2) is 31.6 Å². The number of carbonyl (C=O) groups excluding carboxylic acids is 1. The van der Waals surface area contributed by atoms with E-state index >= 15 is 0 Å². The van der Waals surface area contributed by atoms with Gasteiger partial charge in [-0.3, -0.25) is 14.9 Å². The van der Waals surface area contributed by atoms with Crippen LogP contribution in [0, 0.1) is 16.0 Å². The van der Waals surface area contributed by atoms with Gasteiger partial charge in [-0.15, -0.1) is 0 Å². The lowest BCUT2D eigenvalue weighted by Crippen LogP contribution is -2.41. The van der Waals surface area contributed by atoms with Gasteiger partial charge in [0.1, 0.15) is 18.3 Å². The molecular weight excluding hydrogens is 310 g/mol. The topological polar surface area (TPSA) is 103 Å². The second-order valence-corrected chi connectivity index (χ2v) is 6.14. The predicted molar refractivity (Wildman–Crippen MR) is 86.9 cm³/mol. The van der Waals surface area contributed by atoms with Gasteiger partial charge < -0.3 is 5.32 Å². The van der Waals surface area contributed by atoms with Crippen molar-refractivity contribution in [2.75, 3.05) is 0 Å². The van der Waals surface area contributed by atoms with Gasteiger partial charge in [-0.2, -0.15) is 5.10 Å². The zero-order chi connectivity index (χ0) is 17.1. The molecule has 2 aromatic rings. The highest BCUT2D eigenvalue weighted by atomic mass is 16.6. The molecule has 3 rings (SSSR count). The maximum Gasteiger partial charge on any atom is 0.295 e. The SMILES string of the molecule is C[C@H]1CCCC[C@@H]1NC(=O)c1ccc(-n2cncn2)c([N+](=O)[O-])c1. The predicted octanol–water partition coefficient (Wildman–Crippen LogP) is 2.48. The van der Waals surface area contributed by atoms with E-state index in [1.54, 1.807) is 6.07 Å². The van der Waals surface area contributed by atoms with Gasteiger partial charge >= 0.3 is 0 Å². The molecule has 0 bridgehead atoms. The van der Waals surface area contributed by atoms with Crippen LogP contribution in [0.2, 0.25) is 0 Å². The summed E-state index contributed by atoms with van der Waals surface area (Å²) in [5.41, 5.74) is 0.383. The molecule has 1 fully saturated rings. The van der Waals surface area contributed by atoms with Crippen molar-refractivity contribution >= 4 is 11.6 Å². The Bertz CT molecular complexity index is 744. The zero-order valence-electron chi connectivity index (χ0n) is 13.4. The summed E-state index contributed by atoms with van der Waals surface area (Å²) in [6, 6.07) is 4.51. The Hall–Kier alpha value is -2.77. The summed E-state index contributed by atoms with van der Waals surface area (Å²) in [6.07, 6.45) is 7.01. The molecule has 1 aromatic heterocycles. The Morgan fingerprint density at radius 1 is 1.38 bits per heavy atom. The van der Waals surface area contributed by atoms with E-state index in [0.717, 1.165) is 19.3 Å². The fourth-order valence-electron chi connectivity index (χ4n) is 3.12. The zero-order valence-corrected chi connectivity index (χ0v) is 13.4. The van der Waals surface area contributed by atoms with Crippen LogP contribution in [0.15, 0.2) is 30.9 Å². The number of amides is 1. The Kier molecular flexibility index (Phi) is 4.54. The highest BCUT2D eigenvalue weighted by molar-refractivity contribution is 5.95. The minimum atomic E-state index is -0.517. The largest absolute Gasteiger partial charge is 0.349 e. The Morgan fingerprint density at radius 2 is 2.17 bits per heavy atom. The fraction of sp³-hybridized carbons (Fsp3) is 0.438. The summed E-state index contributed by atoms with van der Waals surface area (Å²) in [5.74, 6) is 0.147. The number of hydrogen-bond donors (Lipinski definition) is 1. The number of carbonyl (C=O) groups is 1. The van der Waals surface area contributed by atoms with Crippen molar-refractivity contribution in [2.24, 2.45) is 5.92 Å². The number of nitro benzene ring substituents is 1. The van der Waals surface area contributed by atoms with Crippen LogP contribution in [0.1, 0.15) is 43.0 Å². The minimum absolute atomic E-state index is 0.125. The van der Waals surface area contributed by atoms with Crippen LogP contribution in [0.3, 0.4) is 0 Å². The van der Waals surface area contributed by atoms with Crippen molar-refractivity contribution in [3.63, 3.8) is 0 Å². The van der Waals surface area contributed by atoms with Crippen molar-refractivity contribution < 1.29 is 9.72 Å². The molecule has 8 nitrogen and oxygen atoms in total. The Morgan fingerprint density at radius 3 is 2.83 bits per heavy atom. The number of nitrogens with one attached hydrogen (secondary N) is 1. The maximum atomic E-state index is 12.5. The number of nitrogens with zero attached hydrogens (tertiary/aromatic N) is 4. The molecule has 0 radical (unpaired) electrons. The van der Waals surface area contributed by atoms with Crippen LogP contribution in [-0.2, 0) is 0 Å². The van der Waals surface area contributed by atoms with Gasteiger partial charge in [0.05, 0.1) is 4.92 Å². The lowest BCUT2D eigenvalue weighted by atomic mass is 9.86. The second kappa shape index (κ2) is 6.77. The molecule has 0 unspecified atom stereocenters. The summed E-state index contributed by atoms with van der Waals surface area (Å²) in [4.78, 5) is 27.1. The highest BCUT2D eigenvalue weighted by Crippen LogP contribution is 2.26. The molecule has 0 saturated heterocycles. The maximum absolute atomic E-state index is 12.5. The molecule has 0 spiro atoms. The summed E-state index contributed by atoms with van der Waals surface area (Å²) in [7, 11) is 0. The van der Waals surface area contributed by atoms with Gasteiger partial charge in [0.25, 0.3) is 11.6 Å². The van der Waals surface area contributed by atoms with E-state index in [2.05, 4.69) is 22.3 Å². The van der Waals surface area contributed by atoms with Crippen molar-refractivity contribution in [1.29, 1.82) is 0 Å². The van der Waals surface area contributed by atoms with Crippen LogP contribution >= 0.6 is 0 Å². The smallest absolute Gasteiger partial charge is 0.295 e. The monoisotopic (exact) mass is 329 g/mol. The third-order valence-electron chi connectivity index (χ3n) is 4.53. The first-order valence-electron chi connectivity index (χ1n) is 8.00. The van der Waals surface area contributed by atoms with Crippen molar-refractivity contribution in [3.8, 4) is 5.69 Å². The standard InChI is InChI=1S/C16H19N5O3/c1-11-4-2-3-5-13(11)19-16(22)12-6-7-14(15(8-12)21(23)24)20-10-17-9-18-20/h6-11,13H,2-5H2,1H3,(H,19,22)/t11-,13-/m0/s1. The molecule has 1 saturated carbocycles. The van der Waals surface area contributed by atoms with E-state index in [1.807, 2.05) is 0 Å². The van der Waals surface area contributed by atoms with Gasteiger partial charge in [0, 0.05) is 17.7 Å².